The van der Waals surface area contributed by atoms with Gasteiger partial charge < -0.3 is 14.4 Å². The van der Waals surface area contributed by atoms with Gasteiger partial charge >= 0.3 is 0 Å². The first-order chi connectivity index (χ1) is 12.3. The van der Waals surface area contributed by atoms with Gasteiger partial charge in [0.1, 0.15) is 5.58 Å². The van der Waals surface area contributed by atoms with Crippen molar-refractivity contribution in [3.8, 4) is 0 Å². The van der Waals surface area contributed by atoms with Crippen LogP contribution < -0.4 is 0 Å². The van der Waals surface area contributed by atoms with Crippen LogP contribution in [0.25, 0.3) is 11.0 Å². The SMILES string of the molecule is CS(=O)(=O)N1CC[C@]2(O)CCN(C(=O)c3ccc4occc4c3)C[C@@H]2C1. The summed E-state index contributed by atoms with van der Waals surface area (Å²) in [7, 11) is -3.30. The molecule has 0 aliphatic carbocycles. The van der Waals surface area contributed by atoms with Gasteiger partial charge in [-0.3, -0.25) is 4.79 Å². The molecule has 26 heavy (non-hydrogen) atoms. The molecule has 2 aliphatic rings. The van der Waals surface area contributed by atoms with Crippen molar-refractivity contribution in [2.45, 2.75) is 18.4 Å². The summed E-state index contributed by atoms with van der Waals surface area (Å²) < 4.78 is 30.4. The first kappa shape index (κ1) is 17.5. The van der Waals surface area contributed by atoms with Crippen LogP contribution in [0.3, 0.4) is 0 Å². The highest BCUT2D eigenvalue weighted by Crippen LogP contribution is 2.36. The Labute approximate surface area is 152 Å². The standard InChI is InChI=1S/C18H22N2O5S/c1-26(23,24)20-8-6-18(22)5-7-19(11-15(18)12-20)17(21)14-2-3-16-13(10-14)4-9-25-16/h2-4,9-10,15,22H,5-8,11-12H2,1H3/t15-,18-/m1/s1. The van der Waals surface area contributed by atoms with E-state index < -0.39 is 15.6 Å². The minimum atomic E-state index is -3.30. The van der Waals surface area contributed by atoms with Gasteiger partial charge in [-0.2, -0.15) is 0 Å². The lowest BCUT2D eigenvalue weighted by Crippen LogP contribution is -2.61. The molecule has 7 nitrogen and oxygen atoms in total. The average molecular weight is 378 g/mol. The second-order valence-corrected chi connectivity index (χ2v) is 9.33. The summed E-state index contributed by atoms with van der Waals surface area (Å²) in [4.78, 5) is 14.6. The van der Waals surface area contributed by atoms with E-state index in [4.69, 9.17) is 4.42 Å². The van der Waals surface area contributed by atoms with Crippen LogP contribution in [0.2, 0.25) is 0 Å². The second-order valence-electron chi connectivity index (χ2n) is 7.35. The van der Waals surface area contributed by atoms with Crippen LogP contribution in [0.1, 0.15) is 23.2 Å². The van der Waals surface area contributed by atoms with Crippen LogP contribution in [0.4, 0.5) is 0 Å². The van der Waals surface area contributed by atoms with Gasteiger partial charge in [0.25, 0.3) is 5.91 Å². The Morgan fingerprint density at radius 1 is 1.23 bits per heavy atom. The van der Waals surface area contributed by atoms with Crippen molar-refractivity contribution in [2.24, 2.45) is 5.92 Å². The largest absolute Gasteiger partial charge is 0.464 e. The Morgan fingerprint density at radius 2 is 2.00 bits per heavy atom. The van der Waals surface area contributed by atoms with E-state index in [2.05, 4.69) is 0 Å². The van der Waals surface area contributed by atoms with E-state index in [1.54, 1.807) is 29.4 Å². The number of carbonyl (C=O) groups excluding carboxylic acids is 1. The molecule has 0 spiro atoms. The summed E-state index contributed by atoms with van der Waals surface area (Å²) in [5.41, 5.74) is 0.401. The van der Waals surface area contributed by atoms with Gasteiger partial charge in [0.05, 0.1) is 18.1 Å². The third-order valence-electron chi connectivity index (χ3n) is 5.69. The van der Waals surface area contributed by atoms with Crippen LogP contribution >= 0.6 is 0 Å². The summed E-state index contributed by atoms with van der Waals surface area (Å²) in [5, 5.41) is 11.8. The third-order valence-corrected chi connectivity index (χ3v) is 6.96. The number of nitrogens with zero attached hydrogens (tertiary/aromatic N) is 2. The highest BCUT2D eigenvalue weighted by atomic mass is 32.2. The molecule has 140 valence electrons. The molecule has 3 heterocycles. The lowest BCUT2D eigenvalue weighted by Gasteiger charge is -2.49. The highest BCUT2D eigenvalue weighted by Gasteiger charge is 2.47. The van der Waals surface area contributed by atoms with Gasteiger partial charge in [0, 0.05) is 43.0 Å². The van der Waals surface area contributed by atoms with Gasteiger partial charge in [-0.05, 0) is 37.1 Å². The summed E-state index contributed by atoms with van der Waals surface area (Å²) in [5.74, 6) is -0.382. The average Bonchev–Trinajstić information content (AvgIpc) is 3.06. The number of piperidine rings is 2. The number of benzene rings is 1. The molecule has 0 saturated carbocycles. The molecule has 1 aromatic carbocycles. The van der Waals surface area contributed by atoms with E-state index in [0.717, 1.165) is 11.0 Å². The van der Waals surface area contributed by atoms with Crippen molar-refractivity contribution in [2.75, 3.05) is 32.4 Å². The Balaban J connectivity index is 1.54. The monoisotopic (exact) mass is 378 g/mol. The quantitative estimate of drug-likeness (QED) is 0.850. The second kappa shape index (κ2) is 6.07. The molecule has 0 bridgehead atoms. The molecule has 2 fully saturated rings. The lowest BCUT2D eigenvalue weighted by molar-refractivity contribution is -0.0946. The summed E-state index contributed by atoms with van der Waals surface area (Å²) >= 11 is 0. The minimum Gasteiger partial charge on any atom is -0.464 e. The molecule has 1 aromatic heterocycles. The predicted molar refractivity (Wildman–Crippen MR) is 96.2 cm³/mol. The third kappa shape index (κ3) is 3.02. The molecule has 1 N–H and O–H groups in total. The molecule has 0 radical (unpaired) electrons. The van der Waals surface area contributed by atoms with Gasteiger partial charge in [-0.25, -0.2) is 12.7 Å². The smallest absolute Gasteiger partial charge is 0.253 e. The number of hydrogen-bond donors (Lipinski definition) is 1. The van der Waals surface area contributed by atoms with Crippen LogP contribution in [-0.4, -0.2) is 66.7 Å². The maximum absolute atomic E-state index is 12.9. The van der Waals surface area contributed by atoms with Gasteiger partial charge in [0.15, 0.2) is 0 Å². The maximum atomic E-state index is 12.9. The molecule has 8 heteroatoms. The molecule has 1 amide bonds. The number of hydrogen-bond acceptors (Lipinski definition) is 5. The fourth-order valence-electron chi connectivity index (χ4n) is 4.04. The Hall–Kier alpha value is -1.90. The van der Waals surface area contributed by atoms with E-state index in [9.17, 15) is 18.3 Å². The topological polar surface area (TPSA) is 91.1 Å². The number of furan rings is 1. The zero-order chi connectivity index (χ0) is 18.5. The van der Waals surface area contributed by atoms with Crippen LogP contribution in [0, 0.1) is 5.92 Å². The van der Waals surface area contributed by atoms with Crippen LogP contribution in [0.5, 0.6) is 0 Å². The fourth-order valence-corrected chi connectivity index (χ4v) is 4.91. The van der Waals surface area contributed by atoms with Crippen molar-refractivity contribution in [1.82, 2.24) is 9.21 Å². The number of likely N-dealkylation sites (tertiary alicyclic amines) is 1. The Kier molecular flexibility index (Phi) is 4.09. The van der Waals surface area contributed by atoms with Gasteiger partial charge in [-0.1, -0.05) is 0 Å². The maximum Gasteiger partial charge on any atom is 0.253 e. The van der Waals surface area contributed by atoms with Crippen molar-refractivity contribution in [3.63, 3.8) is 0 Å². The molecule has 2 aromatic rings. The van der Waals surface area contributed by atoms with E-state index in [1.807, 2.05) is 6.07 Å². The van der Waals surface area contributed by atoms with E-state index >= 15 is 0 Å². The zero-order valence-corrected chi connectivity index (χ0v) is 15.4. The van der Waals surface area contributed by atoms with Crippen molar-refractivity contribution >= 4 is 26.9 Å². The van der Waals surface area contributed by atoms with Crippen molar-refractivity contribution < 1.29 is 22.7 Å². The number of fused-ring (bicyclic) bond motifs is 2. The predicted octanol–water partition coefficient (Wildman–Crippen LogP) is 1.29. The Bertz CT molecular complexity index is 953. The molecule has 4 rings (SSSR count). The summed E-state index contributed by atoms with van der Waals surface area (Å²) in [6, 6.07) is 7.12. The molecule has 2 aliphatic heterocycles. The van der Waals surface area contributed by atoms with Crippen molar-refractivity contribution in [3.05, 3.63) is 36.1 Å². The van der Waals surface area contributed by atoms with Crippen LogP contribution in [0.15, 0.2) is 34.9 Å². The fraction of sp³-hybridized carbons (Fsp3) is 0.500. The highest BCUT2D eigenvalue weighted by molar-refractivity contribution is 7.88. The number of amides is 1. The minimum absolute atomic E-state index is 0.105. The van der Waals surface area contributed by atoms with Crippen molar-refractivity contribution in [1.29, 1.82) is 0 Å². The van der Waals surface area contributed by atoms with E-state index in [0.29, 0.717) is 38.0 Å². The van der Waals surface area contributed by atoms with Gasteiger partial charge in [0.2, 0.25) is 10.0 Å². The number of carbonyl (C=O) groups is 1. The molecule has 2 atom stereocenters. The molecular weight excluding hydrogens is 356 g/mol. The van der Waals surface area contributed by atoms with Crippen LogP contribution in [-0.2, 0) is 10.0 Å². The first-order valence-corrected chi connectivity index (χ1v) is 10.6. The molecule has 2 saturated heterocycles. The number of sulfonamides is 1. The normalized spacial score (nSPS) is 27.5. The zero-order valence-electron chi connectivity index (χ0n) is 14.6. The number of aliphatic hydroxyl groups is 1. The van der Waals surface area contributed by atoms with Gasteiger partial charge in [-0.15, -0.1) is 0 Å². The summed E-state index contributed by atoms with van der Waals surface area (Å²) in [6.45, 7) is 1.40. The van der Waals surface area contributed by atoms with E-state index in [-0.39, 0.29) is 18.4 Å². The Morgan fingerprint density at radius 3 is 2.77 bits per heavy atom. The molecular formula is C18H22N2O5S. The lowest BCUT2D eigenvalue weighted by atomic mass is 9.76. The molecule has 0 unspecified atom stereocenters. The number of rotatable bonds is 2. The first-order valence-electron chi connectivity index (χ1n) is 8.70. The van der Waals surface area contributed by atoms with E-state index in [1.165, 1.54) is 10.6 Å². The summed E-state index contributed by atoms with van der Waals surface area (Å²) in [6.07, 6.45) is 3.65.